The van der Waals surface area contributed by atoms with Crippen LogP contribution in [0.25, 0.3) is 11.1 Å². The molecule has 5 nitrogen and oxygen atoms in total. The van der Waals surface area contributed by atoms with Crippen LogP contribution in [-0.4, -0.2) is 24.1 Å². The molecule has 0 spiro atoms. The zero-order valence-electron chi connectivity index (χ0n) is 14.6. The Morgan fingerprint density at radius 2 is 1.76 bits per heavy atom. The molecule has 1 amide bonds. The highest BCUT2D eigenvalue weighted by molar-refractivity contribution is 9.11. The highest BCUT2D eigenvalue weighted by Crippen LogP contribution is 2.41. The third kappa shape index (κ3) is 4.40. The molecule has 150 valence electrons. The van der Waals surface area contributed by atoms with Gasteiger partial charge in [0.2, 0.25) is 0 Å². The van der Waals surface area contributed by atoms with Crippen molar-refractivity contribution in [2.75, 3.05) is 12.4 Å². The van der Waals surface area contributed by atoms with E-state index in [2.05, 4.69) is 53.1 Å². The number of amides is 1. The Morgan fingerprint density at radius 1 is 1.10 bits per heavy atom. The molecule has 0 radical (unpaired) electrons. The van der Waals surface area contributed by atoms with Gasteiger partial charge in [0.05, 0.1) is 21.6 Å². The van der Waals surface area contributed by atoms with Crippen molar-refractivity contribution in [2.24, 2.45) is 0 Å². The summed E-state index contributed by atoms with van der Waals surface area (Å²) < 4.78 is 20.0. The molecule has 0 saturated heterocycles. The first kappa shape index (κ1) is 21.9. The van der Waals surface area contributed by atoms with E-state index in [1.807, 2.05) is 0 Å². The number of methoxy groups -OCH3 is 1. The van der Waals surface area contributed by atoms with Crippen molar-refractivity contribution < 1.29 is 23.8 Å². The highest BCUT2D eigenvalue weighted by atomic mass is 79.9. The smallest absolute Gasteiger partial charge is 0.339 e. The van der Waals surface area contributed by atoms with Gasteiger partial charge in [0, 0.05) is 15.4 Å². The number of nitrogens with one attached hydrogen (secondary N) is 1. The number of hydrogen-bond donors (Lipinski definition) is 2. The largest absolute Gasteiger partial charge is 0.494 e. The third-order valence-electron chi connectivity index (χ3n) is 3.95. The number of thiophene rings is 1. The third-order valence-corrected chi connectivity index (χ3v) is 6.81. The summed E-state index contributed by atoms with van der Waals surface area (Å²) in [4.78, 5) is 24.8. The van der Waals surface area contributed by atoms with Crippen LogP contribution in [0.3, 0.4) is 0 Å². The normalized spacial score (nSPS) is 10.7. The minimum absolute atomic E-state index is 0.0636. The zero-order chi connectivity index (χ0) is 21.3. The van der Waals surface area contributed by atoms with E-state index in [1.165, 1.54) is 31.4 Å². The number of ether oxygens (including phenoxy) is 1. The lowest BCUT2D eigenvalue weighted by molar-refractivity contribution is 0.0699. The predicted molar refractivity (Wildman–Crippen MR) is 121 cm³/mol. The average Bonchev–Trinajstić information content (AvgIpc) is 3.06. The Kier molecular flexibility index (Phi) is 6.77. The maximum atomic E-state index is 13.2. The number of aromatic carboxylic acids is 1. The van der Waals surface area contributed by atoms with Crippen molar-refractivity contribution in [3.8, 4) is 16.9 Å². The summed E-state index contributed by atoms with van der Waals surface area (Å²) >= 11 is 11.1. The van der Waals surface area contributed by atoms with Crippen LogP contribution in [-0.2, 0) is 0 Å². The van der Waals surface area contributed by atoms with Crippen molar-refractivity contribution >= 4 is 76.0 Å². The van der Waals surface area contributed by atoms with Gasteiger partial charge < -0.3 is 15.2 Å². The number of anilines is 1. The lowest BCUT2D eigenvalue weighted by Crippen LogP contribution is -2.15. The van der Waals surface area contributed by atoms with Crippen molar-refractivity contribution in [3.63, 3.8) is 0 Å². The predicted octanol–water partition coefficient (Wildman–Crippen LogP) is 6.80. The molecule has 1 aromatic heterocycles. The molecule has 29 heavy (non-hydrogen) atoms. The summed E-state index contributed by atoms with van der Waals surface area (Å²) in [5, 5.41) is 14.1. The fourth-order valence-electron chi connectivity index (χ4n) is 2.64. The molecular weight excluding hydrogens is 597 g/mol. The first-order valence-electron chi connectivity index (χ1n) is 7.88. The van der Waals surface area contributed by atoms with Crippen molar-refractivity contribution in [1.82, 2.24) is 0 Å². The van der Waals surface area contributed by atoms with Gasteiger partial charge in [-0.1, -0.05) is 12.1 Å². The van der Waals surface area contributed by atoms with E-state index in [0.29, 0.717) is 30.3 Å². The second-order valence-corrected chi connectivity index (χ2v) is 9.06. The number of hydrogen-bond acceptors (Lipinski definition) is 4. The topological polar surface area (TPSA) is 75.6 Å². The first-order chi connectivity index (χ1) is 13.7. The number of benzene rings is 2. The molecule has 0 saturated carbocycles. The zero-order valence-corrected chi connectivity index (χ0v) is 20.1. The van der Waals surface area contributed by atoms with Gasteiger partial charge in [-0.25, -0.2) is 9.18 Å². The van der Waals surface area contributed by atoms with E-state index in [1.54, 1.807) is 11.4 Å². The molecule has 2 N–H and O–H groups in total. The maximum absolute atomic E-state index is 13.2. The van der Waals surface area contributed by atoms with Crippen LogP contribution in [0.5, 0.6) is 5.75 Å². The number of carbonyl (C=O) groups excluding carboxylic acids is 1. The maximum Gasteiger partial charge on any atom is 0.339 e. The fraction of sp³-hybridized carbons (Fsp3) is 0.0526. The van der Waals surface area contributed by atoms with Gasteiger partial charge in [-0.2, -0.15) is 0 Å². The Labute approximate surface area is 194 Å². The Morgan fingerprint density at radius 3 is 2.34 bits per heavy atom. The van der Waals surface area contributed by atoms with Crippen molar-refractivity contribution in [1.29, 1.82) is 0 Å². The highest BCUT2D eigenvalue weighted by Gasteiger charge is 2.25. The van der Waals surface area contributed by atoms with Gasteiger partial charge in [0.1, 0.15) is 22.1 Å². The molecule has 1 heterocycles. The van der Waals surface area contributed by atoms with E-state index in [0.717, 1.165) is 11.3 Å². The lowest BCUT2D eigenvalue weighted by atomic mass is 10.0. The monoisotopic (exact) mass is 605 g/mol. The molecule has 0 unspecified atom stereocenters. The van der Waals surface area contributed by atoms with Crippen LogP contribution in [0, 0.1) is 5.82 Å². The second-order valence-electron chi connectivity index (χ2n) is 5.68. The summed E-state index contributed by atoms with van der Waals surface area (Å²) in [6.45, 7) is 0. The second kappa shape index (κ2) is 8.95. The first-order valence-corrected chi connectivity index (χ1v) is 11.1. The Hall–Kier alpha value is -1.75. The minimum Gasteiger partial charge on any atom is -0.494 e. The number of carboxylic acids is 1. The average molecular weight is 608 g/mol. The van der Waals surface area contributed by atoms with Crippen molar-refractivity contribution in [2.45, 2.75) is 0 Å². The molecule has 0 aliphatic heterocycles. The van der Waals surface area contributed by atoms with Gasteiger partial charge in [0.15, 0.2) is 0 Å². The van der Waals surface area contributed by atoms with E-state index in [9.17, 15) is 19.1 Å². The molecule has 0 bridgehead atoms. The van der Waals surface area contributed by atoms with Gasteiger partial charge >= 0.3 is 5.97 Å². The van der Waals surface area contributed by atoms with E-state index in [-0.39, 0.29) is 16.1 Å². The quantitative estimate of drug-likeness (QED) is 0.335. The van der Waals surface area contributed by atoms with Gasteiger partial charge in [-0.3, -0.25) is 4.79 Å². The van der Waals surface area contributed by atoms with Crippen molar-refractivity contribution in [3.05, 3.63) is 66.1 Å². The molecular formula is C19H11Br3FNO4S. The van der Waals surface area contributed by atoms with E-state index >= 15 is 0 Å². The molecule has 0 atom stereocenters. The summed E-state index contributed by atoms with van der Waals surface area (Å²) in [5.41, 5.74) is 1.11. The molecule has 10 heteroatoms. The number of carboxylic acid groups (broad SMARTS) is 1. The molecule has 3 aromatic rings. The van der Waals surface area contributed by atoms with Crippen LogP contribution in [0.4, 0.5) is 9.39 Å². The van der Waals surface area contributed by atoms with Gasteiger partial charge in [-0.15, -0.1) is 11.3 Å². The van der Waals surface area contributed by atoms with Crippen LogP contribution in [0.1, 0.15) is 20.7 Å². The van der Waals surface area contributed by atoms with E-state index in [4.69, 9.17) is 4.74 Å². The molecule has 0 aliphatic rings. The number of carbonyl (C=O) groups is 2. The van der Waals surface area contributed by atoms with Crippen LogP contribution >= 0.6 is 59.1 Å². The van der Waals surface area contributed by atoms with Gasteiger partial charge in [0.25, 0.3) is 5.91 Å². The SMILES string of the molecule is COc1c(Br)cc(Br)c(C(=O)Nc2scc(-c3ccc(F)cc3)c2C(=O)O)c1Br. The Bertz CT molecular complexity index is 1120. The number of rotatable bonds is 5. The minimum atomic E-state index is -1.20. The Balaban J connectivity index is 2.02. The lowest BCUT2D eigenvalue weighted by Gasteiger charge is -2.13. The van der Waals surface area contributed by atoms with Crippen LogP contribution < -0.4 is 10.1 Å². The standard InChI is InChI=1S/C19H11Br3FNO4S/c1-28-16-12(21)6-11(20)14(15(16)22)17(25)24-18-13(19(26)27)10(7-29-18)8-2-4-9(23)5-3-8/h2-7H,1H3,(H,24,25)(H,26,27). The van der Waals surface area contributed by atoms with E-state index < -0.39 is 17.7 Å². The summed E-state index contributed by atoms with van der Waals surface area (Å²) in [6.07, 6.45) is 0. The summed E-state index contributed by atoms with van der Waals surface area (Å²) in [5.74, 6) is -1.72. The summed E-state index contributed by atoms with van der Waals surface area (Å²) in [7, 11) is 1.47. The van der Waals surface area contributed by atoms with Crippen LogP contribution in [0.2, 0.25) is 0 Å². The summed E-state index contributed by atoms with van der Waals surface area (Å²) in [6, 6.07) is 7.14. The number of halogens is 4. The fourth-order valence-corrected chi connectivity index (χ4v) is 6.40. The van der Waals surface area contributed by atoms with Gasteiger partial charge in [-0.05, 0) is 71.6 Å². The van der Waals surface area contributed by atoms with Crippen LogP contribution in [0.15, 0.2) is 49.1 Å². The molecule has 2 aromatic carbocycles. The molecule has 0 fully saturated rings. The molecule has 3 rings (SSSR count). The molecule has 0 aliphatic carbocycles.